The maximum absolute atomic E-state index is 6.28. The summed E-state index contributed by atoms with van der Waals surface area (Å²) >= 11 is 6.28. The summed E-state index contributed by atoms with van der Waals surface area (Å²) in [7, 11) is 2.16. The highest BCUT2D eigenvalue weighted by Gasteiger charge is 2.15. The molecule has 0 saturated carbocycles. The van der Waals surface area contributed by atoms with Gasteiger partial charge in [-0.3, -0.25) is 0 Å². The van der Waals surface area contributed by atoms with E-state index in [4.69, 9.17) is 11.6 Å². The van der Waals surface area contributed by atoms with E-state index >= 15 is 0 Å². The number of pyridine rings is 1. The van der Waals surface area contributed by atoms with Gasteiger partial charge in [-0.25, -0.2) is 4.98 Å². The molecule has 20 heavy (non-hydrogen) atoms. The van der Waals surface area contributed by atoms with Gasteiger partial charge < -0.3 is 9.80 Å². The second kappa shape index (κ2) is 5.81. The van der Waals surface area contributed by atoms with Crippen LogP contribution < -0.4 is 4.90 Å². The number of hydrogen-bond donors (Lipinski definition) is 0. The summed E-state index contributed by atoms with van der Waals surface area (Å²) in [6.07, 6.45) is 1.87. The first kappa shape index (κ1) is 13.4. The summed E-state index contributed by atoms with van der Waals surface area (Å²) in [6.45, 7) is 4.21. The Balaban J connectivity index is 1.88. The third-order valence-electron chi connectivity index (χ3n) is 3.76. The first-order chi connectivity index (χ1) is 9.74. The van der Waals surface area contributed by atoms with Crippen LogP contribution in [0.2, 0.25) is 5.02 Å². The van der Waals surface area contributed by atoms with Crippen molar-refractivity contribution in [2.24, 2.45) is 0 Å². The van der Waals surface area contributed by atoms with E-state index in [1.807, 2.05) is 36.5 Å². The summed E-state index contributed by atoms with van der Waals surface area (Å²) in [6, 6.07) is 12.1. The van der Waals surface area contributed by atoms with Crippen molar-refractivity contribution in [3.05, 3.63) is 47.6 Å². The molecule has 3 rings (SSSR count). The number of likely N-dealkylation sites (N-methyl/N-ethyl adjacent to an activating group) is 1. The number of hydrogen-bond acceptors (Lipinski definition) is 3. The van der Waals surface area contributed by atoms with Gasteiger partial charge in [0.15, 0.2) is 0 Å². The number of anilines is 1. The van der Waals surface area contributed by atoms with Crippen molar-refractivity contribution in [2.75, 3.05) is 38.1 Å². The molecule has 2 heterocycles. The molecular weight excluding hydrogens is 270 g/mol. The highest BCUT2D eigenvalue weighted by Crippen LogP contribution is 2.29. The summed E-state index contributed by atoms with van der Waals surface area (Å²) in [5, 5.41) is 0.781. The zero-order chi connectivity index (χ0) is 13.9. The molecule has 1 aromatic carbocycles. The van der Waals surface area contributed by atoms with Gasteiger partial charge in [-0.2, -0.15) is 0 Å². The van der Waals surface area contributed by atoms with Gasteiger partial charge in [-0.15, -0.1) is 0 Å². The molecule has 0 unspecified atom stereocenters. The molecule has 0 radical (unpaired) electrons. The predicted molar refractivity (Wildman–Crippen MR) is 84.4 cm³/mol. The van der Waals surface area contributed by atoms with E-state index in [9.17, 15) is 0 Å². The Morgan fingerprint density at radius 3 is 2.55 bits per heavy atom. The number of aromatic nitrogens is 1. The second-order valence-corrected chi connectivity index (χ2v) is 5.58. The van der Waals surface area contributed by atoms with Crippen molar-refractivity contribution >= 4 is 17.4 Å². The van der Waals surface area contributed by atoms with Crippen LogP contribution in [-0.2, 0) is 0 Å². The lowest BCUT2D eigenvalue weighted by Gasteiger charge is -2.33. The van der Waals surface area contributed by atoms with Gasteiger partial charge in [0.05, 0.1) is 0 Å². The van der Waals surface area contributed by atoms with Gasteiger partial charge >= 0.3 is 0 Å². The molecule has 1 saturated heterocycles. The van der Waals surface area contributed by atoms with E-state index in [1.165, 1.54) is 0 Å². The molecule has 0 spiro atoms. The zero-order valence-electron chi connectivity index (χ0n) is 11.6. The van der Waals surface area contributed by atoms with Crippen LogP contribution in [0.25, 0.3) is 11.1 Å². The quantitative estimate of drug-likeness (QED) is 0.846. The molecule has 1 aliphatic rings. The lowest BCUT2D eigenvalue weighted by Crippen LogP contribution is -2.44. The van der Waals surface area contributed by atoms with E-state index in [0.29, 0.717) is 0 Å². The van der Waals surface area contributed by atoms with E-state index in [2.05, 4.69) is 27.9 Å². The summed E-state index contributed by atoms with van der Waals surface area (Å²) < 4.78 is 0. The average Bonchev–Trinajstić information content (AvgIpc) is 2.49. The number of benzene rings is 1. The monoisotopic (exact) mass is 287 g/mol. The Hall–Kier alpha value is -1.58. The molecule has 0 N–H and O–H groups in total. The third kappa shape index (κ3) is 2.79. The van der Waals surface area contributed by atoms with Crippen LogP contribution in [0.5, 0.6) is 0 Å². The number of halogens is 1. The van der Waals surface area contributed by atoms with Gasteiger partial charge in [0.25, 0.3) is 0 Å². The maximum atomic E-state index is 6.28. The van der Waals surface area contributed by atoms with Gasteiger partial charge in [-0.1, -0.05) is 29.8 Å². The molecule has 0 amide bonds. The smallest absolute Gasteiger partial charge is 0.129 e. The van der Waals surface area contributed by atoms with Crippen LogP contribution in [0, 0.1) is 0 Å². The molecule has 104 valence electrons. The first-order valence-electron chi connectivity index (χ1n) is 6.88. The molecule has 3 nitrogen and oxygen atoms in total. The first-order valence-corrected chi connectivity index (χ1v) is 7.26. The van der Waals surface area contributed by atoms with Gasteiger partial charge in [-0.05, 0) is 30.8 Å². The maximum Gasteiger partial charge on any atom is 0.129 e. The SMILES string of the molecule is CN1CCN(c2cc(-c3ccccc3Cl)ccn2)CC1. The van der Waals surface area contributed by atoms with Crippen LogP contribution in [0.15, 0.2) is 42.6 Å². The summed E-state index contributed by atoms with van der Waals surface area (Å²) in [4.78, 5) is 9.18. The summed E-state index contributed by atoms with van der Waals surface area (Å²) in [5.74, 6) is 1.04. The van der Waals surface area contributed by atoms with E-state index in [-0.39, 0.29) is 0 Å². The van der Waals surface area contributed by atoms with Crippen LogP contribution in [0.4, 0.5) is 5.82 Å². The van der Waals surface area contributed by atoms with E-state index in [0.717, 1.165) is 48.1 Å². The lowest BCUT2D eigenvalue weighted by molar-refractivity contribution is 0.312. The second-order valence-electron chi connectivity index (χ2n) is 5.17. The fourth-order valence-corrected chi connectivity index (χ4v) is 2.73. The van der Waals surface area contributed by atoms with Gasteiger partial charge in [0.1, 0.15) is 5.82 Å². The Bertz CT molecular complexity index is 592. The molecule has 2 aromatic rings. The number of nitrogens with zero attached hydrogens (tertiary/aromatic N) is 3. The van der Waals surface area contributed by atoms with Crippen molar-refractivity contribution in [1.82, 2.24) is 9.88 Å². The van der Waals surface area contributed by atoms with Gasteiger partial charge in [0, 0.05) is 43.0 Å². The van der Waals surface area contributed by atoms with Crippen molar-refractivity contribution in [2.45, 2.75) is 0 Å². The minimum atomic E-state index is 0.781. The molecule has 1 aromatic heterocycles. The summed E-state index contributed by atoms with van der Waals surface area (Å²) in [5.41, 5.74) is 2.19. The van der Waals surface area contributed by atoms with Crippen molar-refractivity contribution in [3.8, 4) is 11.1 Å². The molecular formula is C16H18ClN3. The van der Waals surface area contributed by atoms with Crippen LogP contribution in [-0.4, -0.2) is 43.1 Å². The van der Waals surface area contributed by atoms with Crippen molar-refractivity contribution in [1.29, 1.82) is 0 Å². The topological polar surface area (TPSA) is 19.4 Å². The average molecular weight is 288 g/mol. The highest BCUT2D eigenvalue weighted by atomic mass is 35.5. The number of rotatable bonds is 2. The highest BCUT2D eigenvalue weighted by molar-refractivity contribution is 6.33. The van der Waals surface area contributed by atoms with Crippen molar-refractivity contribution < 1.29 is 0 Å². The largest absolute Gasteiger partial charge is 0.354 e. The fourth-order valence-electron chi connectivity index (χ4n) is 2.49. The van der Waals surface area contributed by atoms with Crippen LogP contribution in [0.1, 0.15) is 0 Å². The third-order valence-corrected chi connectivity index (χ3v) is 4.09. The van der Waals surface area contributed by atoms with Crippen LogP contribution in [0.3, 0.4) is 0 Å². The van der Waals surface area contributed by atoms with E-state index in [1.54, 1.807) is 0 Å². The Kier molecular flexibility index (Phi) is 3.90. The van der Waals surface area contributed by atoms with Crippen molar-refractivity contribution in [3.63, 3.8) is 0 Å². The lowest BCUT2D eigenvalue weighted by atomic mass is 10.1. The standard InChI is InChI=1S/C16H18ClN3/c1-19-8-10-20(11-9-19)16-12-13(6-7-18-16)14-4-2-3-5-15(14)17/h2-7,12H,8-11H2,1H3. The Labute approximate surface area is 124 Å². The normalized spacial score (nSPS) is 16.4. The number of piperazine rings is 1. The predicted octanol–water partition coefficient (Wildman–Crippen LogP) is 3.15. The minimum Gasteiger partial charge on any atom is -0.354 e. The zero-order valence-corrected chi connectivity index (χ0v) is 12.3. The Morgan fingerprint density at radius 1 is 1.05 bits per heavy atom. The molecule has 1 fully saturated rings. The van der Waals surface area contributed by atoms with Crippen LogP contribution >= 0.6 is 11.6 Å². The van der Waals surface area contributed by atoms with E-state index < -0.39 is 0 Å². The minimum absolute atomic E-state index is 0.781. The molecule has 0 aliphatic carbocycles. The Morgan fingerprint density at radius 2 is 1.80 bits per heavy atom. The molecule has 0 bridgehead atoms. The molecule has 0 atom stereocenters. The fraction of sp³-hybridized carbons (Fsp3) is 0.312. The molecule has 1 aliphatic heterocycles. The molecule has 4 heteroatoms. The van der Waals surface area contributed by atoms with Gasteiger partial charge in [0.2, 0.25) is 0 Å².